The Labute approximate surface area is 248 Å². The highest BCUT2D eigenvalue weighted by atomic mass is 19.4. The van der Waals surface area contributed by atoms with E-state index in [-0.39, 0.29) is 53.3 Å². The third-order valence-corrected chi connectivity index (χ3v) is 8.60. The summed E-state index contributed by atoms with van der Waals surface area (Å²) >= 11 is 0. The lowest BCUT2D eigenvalue weighted by Crippen LogP contribution is -2.54. The Balaban J connectivity index is 1.00. The number of nitrogens with zero attached hydrogens (tertiary/aromatic N) is 4. The average molecular weight is 609 g/mol. The number of hydrogen-bond acceptors (Lipinski definition) is 8. The van der Waals surface area contributed by atoms with Gasteiger partial charge in [-0.05, 0) is 68.4 Å². The van der Waals surface area contributed by atoms with E-state index < -0.39 is 36.0 Å². The van der Waals surface area contributed by atoms with Crippen LogP contribution in [0.2, 0.25) is 0 Å². The van der Waals surface area contributed by atoms with Crippen molar-refractivity contribution in [2.45, 2.75) is 62.9 Å². The highest BCUT2D eigenvalue weighted by Gasteiger charge is 2.45. The van der Waals surface area contributed by atoms with Gasteiger partial charge < -0.3 is 10.1 Å². The molecule has 3 aromatic rings. The molecule has 4 heterocycles. The maximum atomic E-state index is 13.1. The molecule has 0 bridgehead atoms. The van der Waals surface area contributed by atoms with E-state index in [2.05, 4.69) is 20.4 Å². The molecule has 1 atom stereocenters. The predicted octanol–water partition coefficient (Wildman–Crippen LogP) is 4.19. The van der Waals surface area contributed by atoms with Crippen LogP contribution in [0.4, 0.5) is 18.9 Å². The van der Waals surface area contributed by atoms with Crippen LogP contribution in [0.15, 0.2) is 42.7 Å². The third-order valence-electron chi connectivity index (χ3n) is 8.60. The number of aromatic nitrogens is 3. The van der Waals surface area contributed by atoms with Gasteiger partial charge in [0, 0.05) is 42.5 Å². The largest absolute Gasteiger partial charge is 0.573 e. The van der Waals surface area contributed by atoms with Crippen molar-refractivity contribution in [2.24, 2.45) is 5.92 Å². The summed E-state index contributed by atoms with van der Waals surface area (Å²) in [4.78, 5) is 55.0. The summed E-state index contributed by atoms with van der Waals surface area (Å²) in [5.41, 5.74) is 2.49. The Morgan fingerprint density at radius 3 is 2.50 bits per heavy atom. The van der Waals surface area contributed by atoms with Gasteiger partial charge in [0.1, 0.15) is 11.7 Å². The van der Waals surface area contributed by atoms with Gasteiger partial charge in [-0.25, -0.2) is 0 Å². The number of ether oxygens (including phenoxy) is 1. The van der Waals surface area contributed by atoms with Gasteiger partial charge in [-0.3, -0.25) is 39.1 Å². The standard InChI is InChI=1S/C30H27F3N6O5/c31-30(32,33)44-23-2-1-9-34-26(23)21-14-38(37-25(21)16-3-4-16)18-10-15(11-18)13-35-17-5-6-19-20(12-17)29(43)39(28(19)42)22-7-8-24(40)36-27(22)41/h1-2,5-6,9,12,14-16,18,22,35H,3-4,7-8,10-11,13H2,(H,36,40,41)/t15-,18-,22?. The van der Waals surface area contributed by atoms with Crippen LogP contribution in [0, 0.1) is 5.92 Å². The van der Waals surface area contributed by atoms with Crippen LogP contribution in [0.5, 0.6) is 5.75 Å². The van der Waals surface area contributed by atoms with Crippen molar-refractivity contribution in [3.63, 3.8) is 0 Å². The first-order valence-electron chi connectivity index (χ1n) is 14.5. The molecule has 4 aliphatic rings. The minimum atomic E-state index is -4.84. The van der Waals surface area contributed by atoms with Crippen molar-refractivity contribution >= 4 is 29.3 Å². The van der Waals surface area contributed by atoms with E-state index in [0.717, 1.165) is 36.3 Å². The smallest absolute Gasteiger partial charge is 0.403 e. The number of rotatable bonds is 8. The molecular formula is C30H27F3N6O5. The molecule has 2 aliphatic carbocycles. The molecule has 3 fully saturated rings. The molecule has 44 heavy (non-hydrogen) atoms. The van der Waals surface area contributed by atoms with Crippen molar-refractivity contribution in [3.8, 4) is 17.0 Å². The van der Waals surface area contributed by atoms with Gasteiger partial charge in [0.05, 0.1) is 22.9 Å². The van der Waals surface area contributed by atoms with Crippen LogP contribution >= 0.6 is 0 Å². The number of benzene rings is 1. The van der Waals surface area contributed by atoms with Gasteiger partial charge in [0.25, 0.3) is 11.8 Å². The number of alkyl halides is 3. The van der Waals surface area contributed by atoms with E-state index in [1.54, 1.807) is 24.4 Å². The van der Waals surface area contributed by atoms with Crippen molar-refractivity contribution in [2.75, 3.05) is 11.9 Å². The lowest BCUT2D eigenvalue weighted by molar-refractivity contribution is -0.274. The zero-order valence-corrected chi connectivity index (χ0v) is 23.3. The van der Waals surface area contributed by atoms with Crippen LogP contribution in [0.1, 0.15) is 76.9 Å². The number of amides is 4. The fourth-order valence-corrected chi connectivity index (χ4v) is 6.16. The summed E-state index contributed by atoms with van der Waals surface area (Å²) in [6.07, 6.45) is 1.93. The lowest BCUT2D eigenvalue weighted by Gasteiger charge is -2.35. The highest BCUT2D eigenvalue weighted by Crippen LogP contribution is 2.47. The minimum absolute atomic E-state index is 0.0530. The first-order valence-corrected chi connectivity index (χ1v) is 14.5. The Morgan fingerprint density at radius 1 is 1.00 bits per heavy atom. The van der Waals surface area contributed by atoms with Gasteiger partial charge in [-0.2, -0.15) is 5.10 Å². The molecule has 0 spiro atoms. The second kappa shape index (κ2) is 10.5. The number of pyridine rings is 1. The number of hydrogen-bond donors (Lipinski definition) is 2. The molecule has 7 rings (SSSR count). The van der Waals surface area contributed by atoms with Gasteiger partial charge in [0.15, 0.2) is 5.75 Å². The molecule has 2 aliphatic heterocycles. The second-order valence-corrected chi connectivity index (χ2v) is 11.7. The molecule has 11 nitrogen and oxygen atoms in total. The SMILES string of the molecule is O=C1CCC(N2C(=O)c3ccc(NC[C@H]4C[C@H](n5cc(-c6ncccc6OC(F)(F)F)c(C6CC6)n5)C4)cc3C2=O)C(=O)N1. The molecule has 4 amide bonds. The summed E-state index contributed by atoms with van der Waals surface area (Å²) < 4.78 is 45.2. The highest BCUT2D eigenvalue weighted by molar-refractivity contribution is 6.23. The maximum Gasteiger partial charge on any atom is 0.573 e. The molecule has 228 valence electrons. The maximum absolute atomic E-state index is 13.1. The van der Waals surface area contributed by atoms with Crippen LogP contribution in [-0.4, -0.2) is 62.2 Å². The van der Waals surface area contributed by atoms with Gasteiger partial charge in [-0.1, -0.05) is 0 Å². The van der Waals surface area contributed by atoms with Crippen molar-refractivity contribution in [1.82, 2.24) is 25.0 Å². The van der Waals surface area contributed by atoms with E-state index >= 15 is 0 Å². The van der Waals surface area contributed by atoms with Gasteiger partial charge >= 0.3 is 6.36 Å². The van der Waals surface area contributed by atoms with E-state index in [1.165, 1.54) is 18.3 Å². The number of nitrogens with one attached hydrogen (secondary N) is 2. The average Bonchev–Trinajstić information content (AvgIpc) is 3.66. The zero-order chi connectivity index (χ0) is 30.7. The van der Waals surface area contributed by atoms with E-state index in [9.17, 15) is 32.3 Å². The summed E-state index contributed by atoms with van der Waals surface area (Å²) in [5, 5.41) is 10.3. The normalized spacial score (nSPS) is 23.3. The molecule has 1 saturated heterocycles. The number of piperidine rings is 1. The Bertz CT molecular complexity index is 1690. The van der Waals surface area contributed by atoms with Crippen molar-refractivity contribution < 1.29 is 37.1 Å². The number of fused-ring (bicyclic) bond motifs is 1. The Morgan fingerprint density at radius 2 is 1.77 bits per heavy atom. The molecule has 14 heteroatoms. The first kappa shape index (κ1) is 28.0. The zero-order valence-electron chi connectivity index (χ0n) is 23.3. The summed E-state index contributed by atoms with van der Waals surface area (Å²) in [6.45, 7) is 0.599. The van der Waals surface area contributed by atoms with Crippen LogP contribution < -0.4 is 15.4 Å². The molecule has 0 radical (unpaired) electrons. The second-order valence-electron chi connectivity index (χ2n) is 11.7. The van der Waals surface area contributed by atoms with Gasteiger partial charge in [0.2, 0.25) is 11.8 Å². The van der Waals surface area contributed by atoms with E-state index in [4.69, 9.17) is 5.10 Å². The van der Waals surface area contributed by atoms with Crippen molar-refractivity contribution in [1.29, 1.82) is 0 Å². The predicted molar refractivity (Wildman–Crippen MR) is 147 cm³/mol. The number of imide groups is 2. The van der Waals surface area contributed by atoms with Crippen LogP contribution in [-0.2, 0) is 9.59 Å². The molecule has 2 saturated carbocycles. The van der Waals surface area contributed by atoms with E-state index in [0.29, 0.717) is 17.8 Å². The molecule has 2 aromatic heterocycles. The lowest BCUT2D eigenvalue weighted by atomic mass is 9.80. The molecule has 1 aromatic carbocycles. The summed E-state index contributed by atoms with van der Waals surface area (Å²) in [6, 6.07) is 6.59. The molecular weight excluding hydrogens is 581 g/mol. The Hall–Kier alpha value is -4.75. The topological polar surface area (TPSA) is 136 Å². The Kier molecular flexibility index (Phi) is 6.66. The number of halogens is 3. The summed E-state index contributed by atoms with van der Waals surface area (Å²) in [5.74, 6) is -2.10. The molecule has 2 N–H and O–H groups in total. The van der Waals surface area contributed by atoms with Crippen LogP contribution in [0.3, 0.4) is 0 Å². The first-order chi connectivity index (χ1) is 21.1. The van der Waals surface area contributed by atoms with Crippen molar-refractivity contribution in [3.05, 3.63) is 59.5 Å². The fraction of sp³-hybridized carbons (Fsp3) is 0.400. The fourth-order valence-electron chi connectivity index (χ4n) is 6.16. The molecule has 1 unspecified atom stereocenters. The quantitative estimate of drug-likeness (QED) is 0.364. The van der Waals surface area contributed by atoms with Gasteiger partial charge in [-0.15, -0.1) is 13.2 Å². The number of anilines is 1. The minimum Gasteiger partial charge on any atom is -0.403 e. The number of carbonyl (C=O) groups excluding carboxylic acids is 4. The van der Waals surface area contributed by atoms with Crippen LogP contribution in [0.25, 0.3) is 11.3 Å². The monoisotopic (exact) mass is 608 g/mol. The van der Waals surface area contributed by atoms with E-state index in [1.807, 2.05) is 4.68 Å². The number of carbonyl (C=O) groups is 4. The third kappa shape index (κ3) is 5.18. The summed E-state index contributed by atoms with van der Waals surface area (Å²) in [7, 11) is 0.